The van der Waals surface area contributed by atoms with Gasteiger partial charge in [0.15, 0.2) is 0 Å². The summed E-state index contributed by atoms with van der Waals surface area (Å²) in [5.41, 5.74) is 3.10. The molecule has 2 atom stereocenters. The van der Waals surface area contributed by atoms with Crippen LogP contribution in [-0.2, 0) is 0 Å². The molecule has 0 saturated heterocycles. The van der Waals surface area contributed by atoms with Gasteiger partial charge in [0, 0.05) is 5.92 Å². The molecule has 3 heteroatoms. The van der Waals surface area contributed by atoms with Gasteiger partial charge < -0.3 is 10.4 Å². The standard InChI is InChI=1S/C20H23NO2/c1-19(2,3)20(21-18(22)23)13-17(20)16-11-9-15(10-12-16)14-7-5-4-6-8-14/h4-12,17,21H,13H2,1-3H3,(H,22,23). The third-order valence-corrected chi connectivity index (χ3v) is 5.05. The molecule has 0 radical (unpaired) electrons. The Morgan fingerprint density at radius 2 is 1.61 bits per heavy atom. The van der Waals surface area contributed by atoms with E-state index in [2.05, 4.69) is 62.5 Å². The normalized spacial score (nSPS) is 23.3. The topological polar surface area (TPSA) is 49.3 Å². The maximum atomic E-state index is 11.2. The molecule has 120 valence electrons. The van der Waals surface area contributed by atoms with E-state index in [0.29, 0.717) is 0 Å². The molecule has 1 amide bonds. The van der Waals surface area contributed by atoms with Crippen LogP contribution >= 0.6 is 0 Å². The van der Waals surface area contributed by atoms with E-state index < -0.39 is 6.09 Å². The first-order valence-electron chi connectivity index (χ1n) is 8.00. The van der Waals surface area contributed by atoms with E-state index in [0.717, 1.165) is 6.42 Å². The number of carboxylic acid groups (broad SMARTS) is 1. The van der Waals surface area contributed by atoms with Gasteiger partial charge in [0.05, 0.1) is 5.54 Å². The van der Waals surface area contributed by atoms with Crippen molar-refractivity contribution >= 4 is 6.09 Å². The van der Waals surface area contributed by atoms with Gasteiger partial charge in [-0.2, -0.15) is 0 Å². The van der Waals surface area contributed by atoms with Crippen LogP contribution in [0.5, 0.6) is 0 Å². The van der Waals surface area contributed by atoms with Crippen LogP contribution in [0, 0.1) is 5.41 Å². The molecule has 1 aliphatic carbocycles. The van der Waals surface area contributed by atoms with Crippen molar-refractivity contribution in [1.29, 1.82) is 0 Å². The second kappa shape index (κ2) is 5.41. The molecule has 0 aromatic heterocycles. The van der Waals surface area contributed by atoms with E-state index >= 15 is 0 Å². The van der Waals surface area contributed by atoms with E-state index in [1.54, 1.807) is 0 Å². The lowest BCUT2D eigenvalue weighted by Gasteiger charge is -2.32. The zero-order chi connectivity index (χ0) is 16.7. The summed E-state index contributed by atoms with van der Waals surface area (Å²) in [4.78, 5) is 11.2. The fraction of sp³-hybridized carbons (Fsp3) is 0.350. The third kappa shape index (κ3) is 2.83. The highest BCUT2D eigenvalue weighted by Crippen LogP contribution is 2.60. The van der Waals surface area contributed by atoms with Gasteiger partial charge in [-0.3, -0.25) is 0 Å². The van der Waals surface area contributed by atoms with Crippen LogP contribution in [-0.4, -0.2) is 16.7 Å². The predicted molar refractivity (Wildman–Crippen MR) is 92.6 cm³/mol. The Hall–Kier alpha value is -2.29. The molecule has 3 nitrogen and oxygen atoms in total. The summed E-state index contributed by atoms with van der Waals surface area (Å²) in [6.07, 6.45) is -0.0867. The van der Waals surface area contributed by atoms with Gasteiger partial charge in [0.1, 0.15) is 0 Å². The largest absolute Gasteiger partial charge is 0.465 e. The summed E-state index contributed by atoms with van der Waals surface area (Å²) in [7, 11) is 0. The molecule has 0 spiro atoms. The van der Waals surface area contributed by atoms with Gasteiger partial charge >= 0.3 is 6.09 Å². The fourth-order valence-corrected chi connectivity index (χ4v) is 3.55. The van der Waals surface area contributed by atoms with Crippen LogP contribution in [0.2, 0.25) is 0 Å². The van der Waals surface area contributed by atoms with Crippen LogP contribution in [0.3, 0.4) is 0 Å². The summed E-state index contributed by atoms with van der Waals surface area (Å²) < 4.78 is 0. The summed E-state index contributed by atoms with van der Waals surface area (Å²) >= 11 is 0. The van der Waals surface area contributed by atoms with Crippen molar-refractivity contribution in [2.24, 2.45) is 5.41 Å². The zero-order valence-electron chi connectivity index (χ0n) is 13.8. The highest BCUT2D eigenvalue weighted by Gasteiger charge is 2.62. The highest BCUT2D eigenvalue weighted by atomic mass is 16.4. The van der Waals surface area contributed by atoms with Crippen LogP contribution in [0.4, 0.5) is 4.79 Å². The van der Waals surface area contributed by atoms with Crippen molar-refractivity contribution in [3.05, 3.63) is 60.2 Å². The summed E-state index contributed by atoms with van der Waals surface area (Å²) in [5, 5.41) is 12.0. The lowest BCUT2D eigenvalue weighted by Crippen LogP contribution is -2.47. The zero-order valence-corrected chi connectivity index (χ0v) is 13.8. The number of hydrogen-bond donors (Lipinski definition) is 2. The molecule has 0 aliphatic heterocycles. The quantitative estimate of drug-likeness (QED) is 0.847. The molecular formula is C20H23NO2. The second-order valence-corrected chi connectivity index (χ2v) is 7.40. The van der Waals surface area contributed by atoms with Crippen LogP contribution < -0.4 is 5.32 Å². The molecule has 1 aliphatic rings. The molecule has 23 heavy (non-hydrogen) atoms. The van der Waals surface area contributed by atoms with Crippen molar-refractivity contribution in [2.75, 3.05) is 0 Å². The number of rotatable bonds is 3. The average molecular weight is 309 g/mol. The van der Waals surface area contributed by atoms with Crippen molar-refractivity contribution < 1.29 is 9.90 Å². The van der Waals surface area contributed by atoms with E-state index in [-0.39, 0.29) is 16.9 Å². The highest BCUT2D eigenvalue weighted by molar-refractivity contribution is 5.68. The molecule has 2 unspecified atom stereocenters. The first-order chi connectivity index (χ1) is 10.8. The van der Waals surface area contributed by atoms with Gasteiger partial charge in [0.25, 0.3) is 0 Å². The van der Waals surface area contributed by atoms with Crippen molar-refractivity contribution in [2.45, 2.75) is 38.6 Å². The predicted octanol–water partition coefficient (Wildman–Crippen LogP) is 4.89. The molecule has 0 bridgehead atoms. The number of nitrogens with one attached hydrogen (secondary N) is 1. The Morgan fingerprint density at radius 1 is 1.04 bits per heavy atom. The van der Waals surface area contributed by atoms with Gasteiger partial charge in [-0.1, -0.05) is 75.4 Å². The Kier molecular flexibility index (Phi) is 3.67. The van der Waals surface area contributed by atoms with Crippen LogP contribution in [0.25, 0.3) is 11.1 Å². The van der Waals surface area contributed by atoms with Gasteiger partial charge in [0.2, 0.25) is 0 Å². The molecule has 2 aromatic rings. The third-order valence-electron chi connectivity index (χ3n) is 5.05. The van der Waals surface area contributed by atoms with E-state index in [1.165, 1.54) is 16.7 Å². The van der Waals surface area contributed by atoms with Gasteiger partial charge in [-0.25, -0.2) is 4.79 Å². The molecule has 1 fully saturated rings. The van der Waals surface area contributed by atoms with Gasteiger partial charge in [-0.15, -0.1) is 0 Å². The Balaban J connectivity index is 1.85. The number of hydrogen-bond acceptors (Lipinski definition) is 1. The van der Waals surface area contributed by atoms with Gasteiger partial charge in [-0.05, 0) is 28.5 Å². The first kappa shape index (κ1) is 15.6. The molecule has 2 aromatic carbocycles. The second-order valence-electron chi connectivity index (χ2n) is 7.40. The van der Waals surface area contributed by atoms with E-state index in [4.69, 9.17) is 0 Å². The Bertz CT molecular complexity index is 701. The molecular weight excluding hydrogens is 286 g/mol. The SMILES string of the molecule is CC(C)(C)C1(NC(=O)O)CC1c1ccc(-c2ccccc2)cc1. The Labute approximate surface area is 137 Å². The minimum Gasteiger partial charge on any atom is -0.465 e. The maximum Gasteiger partial charge on any atom is 0.405 e. The maximum absolute atomic E-state index is 11.2. The molecule has 2 N–H and O–H groups in total. The minimum absolute atomic E-state index is 0.117. The van der Waals surface area contributed by atoms with E-state index in [1.807, 2.05) is 18.2 Å². The summed E-state index contributed by atoms with van der Waals surface area (Å²) in [6.45, 7) is 6.30. The molecule has 1 saturated carbocycles. The molecule has 0 heterocycles. The van der Waals surface area contributed by atoms with Crippen molar-refractivity contribution in [3.8, 4) is 11.1 Å². The number of benzene rings is 2. The van der Waals surface area contributed by atoms with E-state index in [9.17, 15) is 9.90 Å². The lowest BCUT2D eigenvalue weighted by molar-refractivity contribution is 0.167. The fourth-order valence-electron chi connectivity index (χ4n) is 3.55. The minimum atomic E-state index is -0.941. The van der Waals surface area contributed by atoms with Crippen LogP contribution in [0.15, 0.2) is 54.6 Å². The van der Waals surface area contributed by atoms with Crippen molar-refractivity contribution in [1.82, 2.24) is 5.32 Å². The Morgan fingerprint density at radius 3 is 2.13 bits per heavy atom. The number of amides is 1. The van der Waals surface area contributed by atoms with Crippen molar-refractivity contribution in [3.63, 3.8) is 0 Å². The summed E-state index contributed by atoms with van der Waals surface area (Å²) in [6, 6.07) is 18.8. The average Bonchev–Trinajstić information content (AvgIpc) is 3.23. The summed E-state index contributed by atoms with van der Waals surface area (Å²) in [5.74, 6) is 0.239. The molecule has 3 rings (SSSR count). The number of carbonyl (C=O) groups is 1. The monoisotopic (exact) mass is 309 g/mol. The smallest absolute Gasteiger partial charge is 0.405 e. The first-order valence-corrected chi connectivity index (χ1v) is 8.00. The van der Waals surface area contributed by atoms with Crippen LogP contribution in [0.1, 0.15) is 38.7 Å². The lowest BCUT2D eigenvalue weighted by atomic mass is 9.81.